The van der Waals surface area contributed by atoms with Crippen molar-refractivity contribution in [2.45, 2.75) is 28.0 Å². The van der Waals surface area contributed by atoms with E-state index in [1.165, 1.54) is 23.1 Å². The van der Waals surface area contributed by atoms with Gasteiger partial charge >= 0.3 is 0 Å². The molecule has 6 nitrogen and oxygen atoms in total. The van der Waals surface area contributed by atoms with Crippen LogP contribution in [0.4, 0.5) is 5.69 Å². The van der Waals surface area contributed by atoms with Crippen LogP contribution in [0.5, 0.6) is 0 Å². The third kappa shape index (κ3) is 4.08. The van der Waals surface area contributed by atoms with E-state index >= 15 is 0 Å². The second-order valence-electron chi connectivity index (χ2n) is 6.66. The van der Waals surface area contributed by atoms with Gasteiger partial charge in [0.1, 0.15) is 11.3 Å². The molecule has 1 saturated carbocycles. The zero-order valence-electron chi connectivity index (χ0n) is 15.2. The van der Waals surface area contributed by atoms with Crippen LogP contribution in [0, 0.1) is 0 Å². The number of amides is 1. The first-order valence-corrected chi connectivity index (χ1v) is 10.9. The lowest BCUT2D eigenvalue weighted by molar-refractivity contribution is 0.102. The lowest BCUT2D eigenvalue weighted by Gasteiger charge is -2.05. The monoisotopic (exact) mass is 420 g/mol. The van der Waals surface area contributed by atoms with Crippen molar-refractivity contribution in [3.05, 3.63) is 71.6 Å². The first-order valence-electron chi connectivity index (χ1n) is 9.18. The molecule has 0 atom stereocenters. The Morgan fingerprint density at radius 3 is 2.59 bits per heavy atom. The summed E-state index contributed by atoms with van der Waals surface area (Å²) in [5.41, 5.74) is 3.66. The number of oxazole rings is 1. The summed E-state index contributed by atoms with van der Waals surface area (Å²) in [6.45, 7) is 0. The van der Waals surface area contributed by atoms with Gasteiger partial charge in [-0.2, -0.15) is 0 Å². The topological polar surface area (TPSA) is 80.9 Å². The molecular weight excluding hydrogens is 404 g/mol. The average Bonchev–Trinajstić information content (AvgIpc) is 3.28. The summed E-state index contributed by atoms with van der Waals surface area (Å²) >= 11 is 3.03. The third-order valence-corrected chi connectivity index (χ3v) is 6.28. The Morgan fingerprint density at radius 2 is 1.90 bits per heavy atom. The van der Waals surface area contributed by atoms with Crippen molar-refractivity contribution in [2.24, 2.45) is 0 Å². The Labute approximate surface area is 175 Å². The molecule has 0 spiro atoms. The van der Waals surface area contributed by atoms with Crippen LogP contribution in [-0.4, -0.2) is 21.1 Å². The molecule has 2 aromatic heterocycles. The predicted molar refractivity (Wildman–Crippen MR) is 112 cm³/mol. The van der Waals surface area contributed by atoms with Crippen molar-refractivity contribution >= 4 is 34.7 Å². The van der Waals surface area contributed by atoms with E-state index in [4.69, 9.17) is 4.42 Å². The summed E-state index contributed by atoms with van der Waals surface area (Å²) in [5, 5.41) is 10.8. The summed E-state index contributed by atoms with van der Waals surface area (Å²) < 4.78 is 6.86. The number of carbonyl (C=O) groups excluding carboxylic acids is 1. The maximum Gasteiger partial charge on any atom is 0.277 e. The van der Waals surface area contributed by atoms with Gasteiger partial charge in [0.05, 0.1) is 0 Å². The van der Waals surface area contributed by atoms with Crippen LogP contribution in [0.3, 0.4) is 0 Å². The van der Waals surface area contributed by atoms with E-state index in [-0.39, 0.29) is 11.8 Å². The van der Waals surface area contributed by atoms with Gasteiger partial charge in [-0.1, -0.05) is 41.3 Å². The van der Waals surface area contributed by atoms with Crippen molar-refractivity contribution in [3.63, 3.8) is 0 Å². The third-order valence-electron chi connectivity index (χ3n) is 4.49. The Morgan fingerprint density at radius 1 is 1.10 bits per heavy atom. The minimum Gasteiger partial charge on any atom is -0.440 e. The molecule has 0 bridgehead atoms. The predicted octanol–water partition coefficient (Wildman–Crippen LogP) is 5.47. The summed E-state index contributed by atoms with van der Waals surface area (Å²) in [6, 6.07) is 17.3. The number of nitrogens with one attached hydrogen (secondary N) is 1. The fourth-order valence-corrected chi connectivity index (χ4v) is 4.38. The highest BCUT2D eigenvalue weighted by Gasteiger charge is 2.34. The molecule has 1 fully saturated rings. The van der Waals surface area contributed by atoms with Gasteiger partial charge < -0.3 is 9.73 Å². The quantitative estimate of drug-likeness (QED) is 0.445. The number of rotatable bonds is 6. The van der Waals surface area contributed by atoms with Gasteiger partial charge in [0.2, 0.25) is 5.89 Å². The van der Waals surface area contributed by atoms with Gasteiger partial charge in [-0.25, -0.2) is 4.98 Å². The van der Waals surface area contributed by atoms with Crippen LogP contribution < -0.4 is 5.32 Å². The molecule has 1 aliphatic rings. The van der Waals surface area contributed by atoms with Crippen molar-refractivity contribution in [2.75, 3.05) is 5.32 Å². The zero-order chi connectivity index (χ0) is 19.6. The molecular formula is C21H16N4O2S2. The first kappa shape index (κ1) is 18.1. The second-order valence-corrected chi connectivity index (χ2v) is 8.81. The normalized spacial score (nSPS) is 13.4. The van der Waals surface area contributed by atoms with E-state index in [1.54, 1.807) is 5.51 Å². The largest absolute Gasteiger partial charge is 0.440 e. The summed E-state index contributed by atoms with van der Waals surface area (Å²) in [7, 11) is 0. The number of hydrogen-bond acceptors (Lipinski definition) is 7. The Bertz CT molecular complexity index is 1120. The van der Waals surface area contributed by atoms with Crippen LogP contribution in [0.2, 0.25) is 0 Å². The SMILES string of the molecule is O=C(Nc1ccc(Sc2nncs2)cc1)c1nc(-c2ccccc2)oc1C1CC1. The molecule has 0 aliphatic heterocycles. The van der Waals surface area contributed by atoms with Crippen molar-refractivity contribution in [3.8, 4) is 11.5 Å². The maximum absolute atomic E-state index is 12.9. The zero-order valence-corrected chi connectivity index (χ0v) is 16.9. The highest BCUT2D eigenvalue weighted by Crippen LogP contribution is 2.43. The molecule has 1 aliphatic carbocycles. The van der Waals surface area contributed by atoms with Crippen molar-refractivity contribution in [1.82, 2.24) is 15.2 Å². The Balaban J connectivity index is 1.34. The van der Waals surface area contributed by atoms with Gasteiger partial charge in [-0.3, -0.25) is 4.79 Å². The molecule has 29 heavy (non-hydrogen) atoms. The Kier molecular flexibility index (Phi) is 4.87. The van der Waals surface area contributed by atoms with Crippen LogP contribution in [0.1, 0.15) is 35.0 Å². The summed E-state index contributed by atoms with van der Waals surface area (Å²) in [4.78, 5) is 18.4. The molecule has 2 aromatic carbocycles. The molecule has 0 saturated heterocycles. The molecule has 1 amide bonds. The second kappa shape index (κ2) is 7.81. The van der Waals surface area contributed by atoms with E-state index in [2.05, 4.69) is 20.5 Å². The standard InChI is InChI=1S/C21H16N4O2S2/c26-19(23-15-8-10-16(11-9-15)29-21-25-22-12-28-21)17-18(13-6-7-13)27-20(24-17)14-4-2-1-3-5-14/h1-5,8-13H,6-7H2,(H,23,26). The molecule has 2 heterocycles. The fourth-order valence-electron chi connectivity index (χ4n) is 2.93. The van der Waals surface area contributed by atoms with Gasteiger partial charge in [0.25, 0.3) is 5.91 Å². The highest BCUT2D eigenvalue weighted by molar-refractivity contribution is 8.01. The number of hydrogen-bond donors (Lipinski definition) is 1. The van der Waals surface area contributed by atoms with Gasteiger partial charge in [0, 0.05) is 22.1 Å². The first-order chi connectivity index (χ1) is 14.3. The summed E-state index contributed by atoms with van der Waals surface area (Å²) in [5.74, 6) is 1.21. The minimum atomic E-state index is -0.248. The van der Waals surface area contributed by atoms with Gasteiger partial charge in [0.15, 0.2) is 10.0 Å². The van der Waals surface area contributed by atoms with Crippen molar-refractivity contribution < 1.29 is 9.21 Å². The van der Waals surface area contributed by atoms with E-state index < -0.39 is 0 Å². The molecule has 8 heteroatoms. The number of anilines is 1. The molecule has 0 unspecified atom stereocenters. The van der Waals surface area contributed by atoms with Crippen LogP contribution >= 0.6 is 23.1 Å². The smallest absolute Gasteiger partial charge is 0.277 e. The molecule has 144 valence electrons. The van der Waals surface area contributed by atoms with E-state index in [0.29, 0.717) is 23.0 Å². The van der Waals surface area contributed by atoms with Gasteiger partial charge in [-0.05, 0) is 49.2 Å². The average molecular weight is 421 g/mol. The number of nitrogens with zero attached hydrogens (tertiary/aromatic N) is 3. The lowest BCUT2D eigenvalue weighted by atomic mass is 10.2. The molecule has 1 N–H and O–H groups in total. The maximum atomic E-state index is 12.9. The van der Waals surface area contributed by atoms with Crippen LogP contribution in [0.25, 0.3) is 11.5 Å². The molecule has 5 rings (SSSR count). The molecule has 4 aromatic rings. The van der Waals surface area contributed by atoms with E-state index in [0.717, 1.165) is 27.6 Å². The molecule has 0 radical (unpaired) electrons. The number of benzene rings is 2. The van der Waals surface area contributed by atoms with Crippen molar-refractivity contribution in [1.29, 1.82) is 0 Å². The summed E-state index contributed by atoms with van der Waals surface area (Å²) in [6.07, 6.45) is 2.06. The Hall–Kier alpha value is -2.97. The van der Waals surface area contributed by atoms with Gasteiger partial charge in [-0.15, -0.1) is 10.2 Å². The van der Waals surface area contributed by atoms with E-state index in [9.17, 15) is 4.79 Å². The fraction of sp³-hybridized carbons (Fsp3) is 0.143. The number of aromatic nitrogens is 3. The van der Waals surface area contributed by atoms with Crippen LogP contribution in [-0.2, 0) is 0 Å². The lowest BCUT2D eigenvalue weighted by Crippen LogP contribution is -2.14. The minimum absolute atomic E-state index is 0.248. The number of carbonyl (C=O) groups is 1. The van der Waals surface area contributed by atoms with Crippen LogP contribution in [0.15, 0.2) is 73.8 Å². The highest BCUT2D eigenvalue weighted by atomic mass is 32.2. The van der Waals surface area contributed by atoms with E-state index in [1.807, 2.05) is 54.6 Å².